The lowest BCUT2D eigenvalue weighted by atomic mass is 9.88. The number of aromatic nitrogens is 1. The van der Waals surface area contributed by atoms with Gasteiger partial charge in [0, 0.05) is 26.0 Å². The molecular formula is C15H25N3O. The van der Waals surface area contributed by atoms with Gasteiger partial charge in [0.2, 0.25) is 0 Å². The third kappa shape index (κ3) is 3.45. The van der Waals surface area contributed by atoms with E-state index < -0.39 is 0 Å². The molecule has 1 saturated heterocycles. The van der Waals surface area contributed by atoms with E-state index in [0.717, 1.165) is 31.9 Å². The van der Waals surface area contributed by atoms with Gasteiger partial charge in [0.05, 0.1) is 5.54 Å². The minimum absolute atomic E-state index is 0.0610. The van der Waals surface area contributed by atoms with Crippen molar-refractivity contribution in [3.05, 3.63) is 23.9 Å². The van der Waals surface area contributed by atoms with Gasteiger partial charge < -0.3 is 15.8 Å². The SMILES string of the molecule is CC(C)(C)c1ccc(NC2(CN)CCOCC2)nc1. The molecule has 1 aromatic heterocycles. The highest BCUT2D eigenvalue weighted by atomic mass is 16.5. The van der Waals surface area contributed by atoms with Crippen molar-refractivity contribution in [3.8, 4) is 0 Å². The highest BCUT2D eigenvalue weighted by Gasteiger charge is 2.31. The largest absolute Gasteiger partial charge is 0.381 e. The molecule has 0 radical (unpaired) electrons. The minimum Gasteiger partial charge on any atom is -0.381 e. The van der Waals surface area contributed by atoms with E-state index in [1.165, 1.54) is 5.56 Å². The second-order valence-corrected chi connectivity index (χ2v) is 6.40. The number of nitrogens with one attached hydrogen (secondary N) is 1. The summed E-state index contributed by atoms with van der Waals surface area (Å²) in [7, 11) is 0. The zero-order chi connectivity index (χ0) is 13.9. The van der Waals surface area contributed by atoms with Crippen LogP contribution in [0, 0.1) is 0 Å². The van der Waals surface area contributed by atoms with Crippen molar-refractivity contribution < 1.29 is 4.74 Å². The Morgan fingerprint density at radius 3 is 2.47 bits per heavy atom. The van der Waals surface area contributed by atoms with Gasteiger partial charge in [0.1, 0.15) is 5.82 Å². The van der Waals surface area contributed by atoms with Gasteiger partial charge in [-0.3, -0.25) is 0 Å². The van der Waals surface area contributed by atoms with Crippen LogP contribution in [-0.2, 0) is 10.2 Å². The maximum absolute atomic E-state index is 5.94. The highest BCUT2D eigenvalue weighted by molar-refractivity contribution is 5.40. The Bertz CT molecular complexity index is 402. The molecule has 106 valence electrons. The van der Waals surface area contributed by atoms with Crippen molar-refractivity contribution in [1.82, 2.24) is 4.98 Å². The quantitative estimate of drug-likeness (QED) is 0.878. The van der Waals surface area contributed by atoms with E-state index >= 15 is 0 Å². The third-order valence-corrected chi connectivity index (χ3v) is 3.86. The number of anilines is 1. The summed E-state index contributed by atoms with van der Waals surface area (Å²) < 4.78 is 5.41. The Kier molecular flexibility index (Phi) is 4.11. The van der Waals surface area contributed by atoms with Gasteiger partial charge in [-0.1, -0.05) is 26.8 Å². The Balaban J connectivity index is 2.10. The number of nitrogens with zero attached hydrogens (tertiary/aromatic N) is 1. The first kappa shape index (κ1) is 14.3. The molecular weight excluding hydrogens is 238 g/mol. The van der Waals surface area contributed by atoms with Crippen LogP contribution in [0.15, 0.2) is 18.3 Å². The van der Waals surface area contributed by atoms with E-state index in [4.69, 9.17) is 10.5 Å². The molecule has 19 heavy (non-hydrogen) atoms. The molecule has 1 aliphatic rings. The van der Waals surface area contributed by atoms with E-state index in [9.17, 15) is 0 Å². The predicted octanol–water partition coefficient (Wildman–Crippen LogP) is 2.30. The molecule has 4 nitrogen and oxygen atoms in total. The number of rotatable bonds is 3. The minimum atomic E-state index is -0.0610. The molecule has 4 heteroatoms. The maximum atomic E-state index is 5.94. The molecule has 0 spiro atoms. The molecule has 0 aromatic carbocycles. The van der Waals surface area contributed by atoms with Crippen molar-refractivity contribution in [2.45, 2.75) is 44.6 Å². The van der Waals surface area contributed by atoms with Crippen molar-refractivity contribution in [1.29, 1.82) is 0 Å². The lowest BCUT2D eigenvalue weighted by Crippen LogP contribution is -2.49. The second kappa shape index (κ2) is 5.47. The van der Waals surface area contributed by atoms with Crippen molar-refractivity contribution in [2.24, 2.45) is 5.73 Å². The normalized spacial score (nSPS) is 19.2. The second-order valence-electron chi connectivity index (χ2n) is 6.40. The van der Waals surface area contributed by atoms with E-state index in [1.807, 2.05) is 12.3 Å². The first-order chi connectivity index (χ1) is 8.95. The van der Waals surface area contributed by atoms with Crippen LogP contribution in [0.25, 0.3) is 0 Å². The van der Waals surface area contributed by atoms with Crippen LogP contribution in [0.2, 0.25) is 0 Å². The summed E-state index contributed by atoms with van der Waals surface area (Å²) >= 11 is 0. The molecule has 0 amide bonds. The van der Waals surface area contributed by atoms with Gasteiger partial charge in [0.15, 0.2) is 0 Å². The Hall–Kier alpha value is -1.13. The van der Waals surface area contributed by atoms with Crippen LogP contribution in [0.4, 0.5) is 5.82 Å². The smallest absolute Gasteiger partial charge is 0.126 e. The van der Waals surface area contributed by atoms with Crippen LogP contribution in [0.1, 0.15) is 39.2 Å². The standard InChI is InChI=1S/C15H25N3O/c1-14(2,3)12-4-5-13(17-10-12)18-15(11-16)6-8-19-9-7-15/h4-5,10H,6-9,11,16H2,1-3H3,(H,17,18). The van der Waals surface area contributed by atoms with E-state index in [0.29, 0.717) is 6.54 Å². The van der Waals surface area contributed by atoms with Crippen molar-refractivity contribution in [3.63, 3.8) is 0 Å². The molecule has 2 heterocycles. The first-order valence-corrected chi connectivity index (χ1v) is 6.98. The fourth-order valence-corrected chi connectivity index (χ4v) is 2.33. The average molecular weight is 263 g/mol. The first-order valence-electron chi connectivity index (χ1n) is 6.98. The van der Waals surface area contributed by atoms with Crippen LogP contribution < -0.4 is 11.1 Å². The van der Waals surface area contributed by atoms with Gasteiger partial charge >= 0.3 is 0 Å². The van der Waals surface area contributed by atoms with Crippen molar-refractivity contribution >= 4 is 5.82 Å². The molecule has 1 fully saturated rings. The van der Waals surface area contributed by atoms with E-state index in [2.05, 4.69) is 37.1 Å². The van der Waals surface area contributed by atoms with Crippen molar-refractivity contribution in [2.75, 3.05) is 25.1 Å². The molecule has 3 N–H and O–H groups in total. The summed E-state index contributed by atoms with van der Waals surface area (Å²) in [6, 6.07) is 4.19. The molecule has 0 atom stereocenters. The number of ether oxygens (including phenoxy) is 1. The lowest BCUT2D eigenvalue weighted by molar-refractivity contribution is 0.0627. The molecule has 1 aliphatic heterocycles. The zero-order valence-electron chi connectivity index (χ0n) is 12.2. The lowest BCUT2D eigenvalue weighted by Gasteiger charge is -2.37. The fourth-order valence-electron chi connectivity index (χ4n) is 2.33. The number of pyridine rings is 1. The summed E-state index contributed by atoms with van der Waals surface area (Å²) in [6.07, 6.45) is 3.82. The predicted molar refractivity (Wildman–Crippen MR) is 78.4 cm³/mol. The zero-order valence-corrected chi connectivity index (χ0v) is 12.2. The molecule has 0 bridgehead atoms. The summed E-state index contributed by atoms with van der Waals surface area (Å²) in [5, 5.41) is 3.51. The fraction of sp³-hybridized carbons (Fsp3) is 0.667. The molecule has 1 aromatic rings. The maximum Gasteiger partial charge on any atom is 0.126 e. The summed E-state index contributed by atoms with van der Waals surface area (Å²) in [5.41, 5.74) is 7.26. The molecule has 0 aliphatic carbocycles. The van der Waals surface area contributed by atoms with Crippen LogP contribution >= 0.6 is 0 Å². The topological polar surface area (TPSA) is 60.2 Å². The Morgan fingerprint density at radius 2 is 2.00 bits per heavy atom. The van der Waals surface area contributed by atoms with E-state index in [1.54, 1.807) is 0 Å². The van der Waals surface area contributed by atoms with Gasteiger partial charge in [-0.15, -0.1) is 0 Å². The van der Waals surface area contributed by atoms with Crippen LogP contribution in [0.3, 0.4) is 0 Å². The monoisotopic (exact) mass is 263 g/mol. The Morgan fingerprint density at radius 1 is 1.32 bits per heavy atom. The van der Waals surface area contributed by atoms with Gasteiger partial charge in [-0.05, 0) is 29.9 Å². The third-order valence-electron chi connectivity index (χ3n) is 3.86. The Labute approximate surface area is 115 Å². The number of hydrogen-bond donors (Lipinski definition) is 2. The summed E-state index contributed by atoms with van der Waals surface area (Å²) in [4.78, 5) is 4.52. The van der Waals surface area contributed by atoms with Crippen LogP contribution in [0.5, 0.6) is 0 Å². The van der Waals surface area contributed by atoms with Gasteiger partial charge in [0.25, 0.3) is 0 Å². The van der Waals surface area contributed by atoms with E-state index in [-0.39, 0.29) is 11.0 Å². The number of hydrogen-bond acceptors (Lipinski definition) is 4. The highest BCUT2D eigenvalue weighted by Crippen LogP contribution is 2.26. The average Bonchev–Trinajstić information content (AvgIpc) is 2.39. The van der Waals surface area contributed by atoms with Crippen LogP contribution in [-0.4, -0.2) is 30.3 Å². The summed E-state index contributed by atoms with van der Waals surface area (Å²) in [6.45, 7) is 8.72. The number of nitrogens with two attached hydrogens (primary N) is 1. The molecule has 0 unspecified atom stereocenters. The summed E-state index contributed by atoms with van der Waals surface area (Å²) in [5.74, 6) is 0.903. The van der Waals surface area contributed by atoms with Gasteiger partial charge in [-0.25, -0.2) is 4.98 Å². The van der Waals surface area contributed by atoms with Gasteiger partial charge in [-0.2, -0.15) is 0 Å². The molecule has 2 rings (SSSR count). The molecule has 0 saturated carbocycles.